The Morgan fingerprint density at radius 2 is 1.95 bits per heavy atom. The summed E-state index contributed by atoms with van der Waals surface area (Å²) in [6.45, 7) is 7.10. The number of hydrazine groups is 1. The van der Waals surface area contributed by atoms with Crippen LogP contribution in [0, 0.1) is 0 Å². The molecular weight excluding hydrogens is 246 g/mol. The lowest BCUT2D eigenvalue weighted by molar-refractivity contribution is 0.122. The minimum Gasteiger partial charge on any atom is -0.378 e. The van der Waals surface area contributed by atoms with Crippen LogP contribution in [0.5, 0.6) is 0 Å². The molecule has 8 nitrogen and oxygen atoms in total. The molecule has 19 heavy (non-hydrogen) atoms. The summed E-state index contributed by atoms with van der Waals surface area (Å²) in [7, 11) is 0. The second-order valence-electron chi connectivity index (χ2n) is 4.48. The maximum atomic E-state index is 5.41. The van der Waals surface area contributed by atoms with E-state index >= 15 is 0 Å². The molecule has 1 aromatic rings. The van der Waals surface area contributed by atoms with Gasteiger partial charge in [0.25, 0.3) is 0 Å². The van der Waals surface area contributed by atoms with Crippen molar-refractivity contribution in [2.45, 2.75) is 26.3 Å². The molecule has 4 N–H and O–H groups in total. The predicted octanol–water partition coefficient (Wildman–Crippen LogP) is 0.204. The number of nitrogens with zero attached hydrogens (tertiary/aromatic N) is 4. The third-order valence-electron chi connectivity index (χ3n) is 3.03. The minimum atomic E-state index is 0.297. The van der Waals surface area contributed by atoms with E-state index in [2.05, 4.69) is 44.4 Å². The molecule has 0 spiro atoms. The highest BCUT2D eigenvalue weighted by Gasteiger charge is 2.16. The SMILES string of the molecule is CCC(C)Nc1nc(NN)nc(N2CCOCC2)n1. The van der Waals surface area contributed by atoms with Gasteiger partial charge in [-0.2, -0.15) is 15.0 Å². The Hall–Kier alpha value is -1.67. The van der Waals surface area contributed by atoms with Crippen molar-refractivity contribution in [3.8, 4) is 0 Å². The lowest BCUT2D eigenvalue weighted by Crippen LogP contribution is -2.37. The van der Waals surface area contributed by atoms with Gasteiger partial charge < -0.3 is 15.0 Å². The normalized spacial score (nSPS) is 17.1. The number of ether oxygens (including phenoxy) is 1. The zero-order chi connectivity index (χ0) is 13.7. The van der Waals surface area contributed by atoms with Crippen molar-refractivity contribution in [2.75, 3.05) is 41.9 Å². The van der Waals surface area contributed by atoms with Crippen molar-refractivity contribution in [3.63, 3.8) is 0 Å². The van der Waals surface area contributed by atoms with Crippen molar-refractivity contribution in [2.24, 2.45) is 5.84 Å². The third-order valence-corrected chi connectivity index (χ3v) is 3.03. The van der Waals surface area contributed by atoms with Gasteiger partial charge in [0.15, 0.2) is 0 Å². The first-order chi connectivity index (χ1) is 9.22. The lowest BCUT2D eigenvalue weighted by atomic mass is 10.3. The second-order valence-corrected chi connectivity index (χ2v) is 4.48. The molecule has 1 unspecified atom stereocenters. The highest BCUT2D eigenvalue weighted by atomic mass is 16.5. The molecule has 1 fully saturated rings. The molecule has 1 aliphatic rings. The average molecular weight is 267 g/mol. The maximum Gasteiger partial charge on any atom is 0.243 e. The van der Waals surface area contributed by atoms with Gasteiger partial charge in [-0.1, -0.05) is 6.92 Å². The Morgan fingerprint density at radius 1 is 1.26 bits per heavy atom. The highest BCUT2D eigenvalue weighted by molar-refractivity contribution is 5.43. The molecule has 106 valence electrons. The van der Waals surface area contributed by atoms with Gasteiger partial charge >= 0.3 is 0 Å². The molecule has 0 radical (unpaired) electrons. The predicted molar refractivity (Wildman–Crippen MR) is 74.0 cm³/mol. The van der Waals surface area contributed by atoms with Gasteiger partial charge in [0, 0.05) is 19.1 Å². The first kappa shape index (κ1) is 13.8. The number of nitrogen functional groups attached to an aromatic ring is 1. The summed E-state index contributed by atoms with van der Waals surface area (Å²) in [6, 6.07) is 0.297. The van der Waals surface area contributed by atoms with Crippen LogP contribution < -0.4 is 21.5 Å². The average Bonchev–Trinajstić information content (AvgIpc) is 2.47. The standard InChI is InChI=1S/C11H21N7O/c1-3-8(2)13-9-14-10(17-12)16-11(15-9)18-4-6-19-7-5-18/h8H,3-7,12H2,1-2H3,(H2,13,14,15,16,17). The summed E-state index contributed by atoms with van der Waals surface area (Å²) >= 11 is 0. The van der Waals surface area contributed by atoms with Gasteiger partial charge in [0.2, 0.25) is 17.8 Å². The second kappa shape index (κ2) is 6.48. The number of nitrogens with one attached hydrogen (secondary N) is 2. The fourth-order valence-electron chi connectivity index (χ4n) is 1.72. The Balaban J connectivity index is 2.19. The number of rotatable bonds is 5. The van der Waals surface area contributed by atoms with E-state index in [9.17, 15) is 0 Å². The Bertz CT molecular complexity index is 408. The van der Waals surface area contributed by atoms with E-state index in [0.29, 0.717) is 37.1 Å². The number of anilines is 3. The summed E-state index contributed by atoms with van der Waals surface area (Å²) in [4.78, 5) is 15.0. The highest BCUT2D eigenvalue weighted by Crippen LogP contribution is 2.15. The van der Waals surface area contributed by atoms with E-state index in [0.717, 1.165) is 19.5 Å². The zero-order valence-electron chi connectivity index (χ0n) is 11.4. The molecule has 0 aliphatic carbocycles. The smallest absolute Gasteiger partial charge is 0.243 e. The van der Waals surface area contributed by atoms with Gasteiger partial charge in [-0.05, 0) is 13.3 Å². The molecule has 2 heterocycles. The van der Waals surface area contributed by atoms with Crippen molar-refractivity contribution in [3.05, 3.63) is 0 Å². The largest absolute Gasteiger partial charge is 0.378 e. The van der Waals surface area contributed by atoms with Crippen LogP contribution >= 0.6 is 0 Å². The van der Waals surface area contributed by atoms with Crippen molar-refractivity contribution in [1.82, 2.24) is 15.0 Å². The molecular formula is C11H21N7O. The summed E-state index contributed by atoms with van der Waals surface area (Å²) in [6.07, 6.45) is 0.990. The number of hydrogen-bond donors (Lipinski definition) is 3. The van der Waals surface area contributed by atoms with E-state index in [1.807, 2.05) is 0 Å². The van der Waals surface area contributed by atoms with Crippen molar-refractivity contribution >= 4 is 17.8 Å². The first-order valence-corrected chi connectivity index (χ1v) is 6.55. The molecule has 1 aliphatic heterocycles. The van der Waals surface area contributed by atoms with E-state index in [1.54, 1.807) is 0 Å². The van der Waals surface area contributed by atoms with Gasteiger partial charge in [-0.25, -0.2) is 5.84 Å². The molecule has 1 saturated heterocycles. The van der Waals surface area contributed by atoms with Crippen LogP contribution in [0.1, 0.15) is 20.3 Å². The van der Waals surface area contributed by atoms with Crippen LogP contribution in [0.15, 0.2) is 0 Å². The first-order valence-electron chi connectivity index (χ1n) is 6.55. The molecule has 0 aromatic carbocycles. The molecule has 2 rings (SSSR count). The van der Waals surface area contributed by atoms with E-state index in [1.165, 1.54) is 0 Å². The zero-order valence-corrected chi connectivity index (χ0v) is 11.4. The van der Waals surface area contributed by atoms with Gasteiger partial charge in [0.1, 0.15) is 0 Å². The van der Waals surface area contributed by atoms with E-state index < -0.39 is 0 Å². The van der Waals surface area contributed by atoms with Gasteiger partial charge in [-0.15, -0.1) is 0 Å². The monoisotopic (exact) mass is 267 g/mol. The maximum absolute atomic E-state index is 5.41. The minimum absolute atomic E-state index is 0.297. The number of morpholine rings is 1. The lowest BCUT2D eigenvalue weighted by Gasteiger charge is -2.27. The van der Waals surface area contributed by atoms with E-state index in [-0.39, 0.29) is 0 Å². The quantitative estimate of drug-likeness (QED) is 0.514. The Labute approximate surface area is 112 Å². The van der Waals surface area contributed by atoms with Crippen LogP contribution in [0.4, 0.5) is 17.8 Å². The molecule has 1 aromatic heterocycles. The fourth-order valence-corrected chi connectivity index (χ4v) is 1.72. The summed E-state index contributed by atoms with van der Waals surface area (Å²) < 4.78 is 5.32. The number of nitrogens with two attached hydrogens (primary N) is 1. The fraction of sp³-hybridized carbons (Fsp3) is 0.727. The molecule has 0 saturated carbocycles. The Morgan fingerprint density at radius 3 is 2.58 bits per heavy atom. The molecule has 0 amide bonds. The van der Waals surface area contributed by atoms with Crippen LogP contribution in [-0.4, -0.2) is 47.3 Å². The number of aromatic nitrogens is 3. The van der Waals surface area contributed by atoms with Crippen molar-refractivity contribution in [1.29, 1.82) is 0 Å². The molecule has 1 atom stereocenters. The summed E-state index contributed by atoms with van der Waals surface area (Å²) in [5.74, 6) is 6.93. The van der Waals surface area contributed by atoms with Gasteiger partial charge in [0.05, 0.1) is 13.2 Å². The Kier molecular flexibility index (Phi) is 4.69. The van der Waals surface area contributed by atoms with Crippen LogP contribution in [0.3, 0.4) is 0 Å². The summed E-state index contributed by atoms with van der Waals surface area (Å²) in [5, 5.41) is 3.23. The van der Waals surface area contributed by atoms with Crippen LogP contribution in [0.25, 0.3) is 0 Å². The molecule has 0 bridgehead atoms. The summed E-state index contributed by atoms with van der Waals surface area (Å²) in [5.41, 5.74) is 2.48. The third kappa shape index (κ3) is 3.65. The molecule has 8 heteroatoms. The van der Waals surface area contributed by atoms with Crippen LogP contribution in [0.2, 0.25) is 0 Å². The van der Waals surface area contributed by atoms with Crippen LogP contribution in [-0.2, 0) is 4.74 Å². The van der Waals surface area contributed by atoms with E-state index in [4.69, 9.17) is 10.6 Å². The topological polar surface area (TPSA) is 101 Å². The van der Waals surface area contributed by atoms with Gasteiger partial charge in [-0.3, -0.25) is 5.43 Å². The number of hydrogen-bond acceptors (Lipinski definition) is 8. The van der Waals surface area contributed by atoms with Crippen molar-refractivity contribution < 1.29 is 4.74 Å².